The van der Waals surface area contributed by atoms with Crippen molar-refractivity contribution in [2.75, 3.05) is 0 Å². The average molecular weight is 301 g/mol. The third kappa shape index (κ3) is 4.06. The summed E-state index contributed by atoms with van der Waals surface area (Å²) in [5.41, 5.74) is 0.887. The van der Waals surface area contributed by atoms with E-state index in [9.17, 15) is 4.79 Å². The van der Waals surface area contributed by atoms with Crippen molar-refractivity contribution in [2.45, 2.75) is 11.8 Å². The van der Waals surface area contributed by atoms with Crippen LogP contribution in [-0.2, 0) is 4.79 Å². The van der Waals surface area contributed by atoms with Crippen LogP contribution in [0.1, 0.15) is 0 Å². The van der Waals surface area contributed by atoms with Gasteiger partial charge < -0.3 is 0 Å². The van der Waals surface area contributed by atoms with Crippen LogP contribution < -0.4 is 0 Å². The van der Waals surface area contributed by atoms with Crippen molar-refractivity contribution in [1.29, 1.82) is 0 Å². The summed E-state index contributed by atoms with van der Waals surface area (Å²) in [6.07, 6.45) is 3.17. The molecule has 0 aliphatic heterocycles. The molecule has 0 atom stereocenters. The minimum absolute atomic E-state index is 0.220. The molecule has 0 N–H and O–H groups in total. The molecule has 0 spiro atoms. The number of carbonyl (C=O) groups excluding carboxylic acids is 1. The molecule has 0 saturated heterocycles. The normalized spacial score (nSPS) is 5.80. The van der Waals surface area contributed by atoms with Gasteiger partial charge >= 0.3 is 35.4 Å². The summed E-state index contributed by atoms with van der Waals surface area (Å²) in [7, 11) is 0. The zero-order valence-electron chi connectivity index (χ0n) is 3.07. The van der Waals surface area contributed by atoms with Gasteiger partial charge in [0.2, 0.25) is 0 Å². The van der Waals surface area contributed by atoms with Crippen molar-refractivity contribution >= 4 is 6.29 Å². The Morgan fingerprint density at radius 3 is 2.60 bits per heavy atom. The standard InChI is InChI=1S/C2H3O.CH3.Am/c1-2-3;;/h2H,1H2;1H3;. The molecule has 0 amide bonds. The molecule has 31 valence electrons. The van der Waals surface area contributed by atoms with Crippen molar-refractivity contribution in [3.05, 3.63) is 0 Å². The fourth-order valence-electron chi connectivity index (χ4n) is 0.0630. The van der Waals surface area contributed by atoms with Crippen molar-refractivity contribution in [2.24, 2.45) is 0 Å². The molecule has 0 aromatic carbocycles. The molecule has 0 bridgehead atoms. The average Bonchev–Trinajstić information content (AvgIpc) is 1.41. The molecular weight excluding hydrogens is 295 g/mol. The van der Waals surface area contributed by atoms with Crippen LogP contribution >= 0.6 is 0 Å². The van der Waals surface area contributed by atoms with Gasteiger partial charge in [-0.1, -0.05) is 0 Å². The van der Waals surface area contributed by atoms with E-state index in [0.29, 0.717) is 0 Å². The quantitative estimate of drug-likeness (QED) is 0.688. The van der Waals surface area contributed by atoms with Gasteiger partial charge in [0.15, 0.2) is 0 Å². The Bertz CT molecular complexity index is 28.1. The Kier molecular flexibility index (Phi) is 4.11. The molecule has 0 aliphatic rings. The summed E-state index contributed by atoms with van der Waals surface area (Å²) >= 11 is -0.220. The van der Waals surface area contributed by atoms with Gasteiger partial charge in [-0.25, -0.2) is 0 Å². The summed E-state index contributed by atoms with van der Waals surface area (Å²) < 4.78 is 0. The van der Waals surface area contributed by atoms with E-state index in [4.69, 9.17) is 0 Å². The molecule has 0 unspecified atom stereocenters. The van der Waals surface area contributed by atoms with Crippen LogP contribution in [0.5, 0.6) is 0 Å². The fraction of sp³-hybridized carbons (Fsp3) is 0.667. The van der Waals surface area contributed by atoms with Crippen LogP contribution in [-0.4, -0.2) is 6.29 Å². The number of hydrogen-bond donors (Lipinski definition) is 0. The summed E-state index contributed by atoms with van der Waals surface area (Å²) in [4.78, 5) is 9.45. The second-order valence-electron chi connectivity index (χ2n) is 0.588. The van der Waals surface area contributed by atoms with Gasteiger partial charge in [-0.05, 0) is 0 Å². The minimum atomic E-state index is -0.220. The van der Waals surface area contributed by atoms with E-state index < -0.39 is 0 Å². The topological polar surface area (TPSA) is 17.1 Å². The van der Waals surface area contributed by atoms with Crippen molar-refractivity contribution < 1.29 is 17.3 Å². The Hall–Kier alpha value is 0.0596. The second kappa shape index (κ2) is 4.06. The number of carbonyl (C=O) groups is 1. The van der Waals surface area contributed by atoms with Crippen molar-refractivity contribution in [1.82, 2.24) is 0 Å². The molecule has 1 nitrogen and oxygen atoms in total. The molecule has 0 saturated carbocycles. The first kappa shape index (κ1) is 5.06. The SMILES string of the molecule is [CH3][Am][CH2]C=O. The van der Waals surface area contributed by atoms with Gasteiger partial charge in [-0.2, -0.15) is 0 Å². The van der Waals surface area contributed by atoms with E-state index in [1.165, 1.54) is 0 Å². The van der Waals surface area contributed by atoms with Gasteiger partial charge in [0.25, 0.3) is 0 Å². The van der Waals surface area contributed by atoms with E-state index in [1.54, 1.807) is 0 Å². The van der Waals surface area contributed by atoms with Gasteiger partial charge in [-0.3, -0.25) is 0 Å². The van der Waals surface area contributed by atoms with Crippen LogP contribution in [0.2, 0.25) is 11.8 Å². The van der Waals surface area contributed by atoms with Gasteiger partial charge in [0.05, 0.1) is 0 Å². The van der Waals surface area contributed by atoms with Crippen LogP contribution in [0.15, 0.2) is 0 Å². The van der Waals surface area contributed by atoms with E-state index in [2.05, 4.69) is 6.16 Å². The van der Waals surface area contributed by atoms with Gasteiger partial charge in [-0.15, -0.1) is 0 Å². The first-order valence-electron chi connectivity index (χ1n) is 1.29. The molecule has 2 heteroatoms. The Morgan fingerprint density at radius 2 is 2.60 bits per heavy atom. The van der Waals surface area contributed by atoms with Crippen LogP contribution in [0.25, 0.3) is 0 Å². The number of rotatable bonds is 2. The zero-order chi connectivity index (χ0) is 4.12. The number of hydrogen-bond acceptors (Lipinski definition) is 1. The fourth-order valence-corrected chi connectivity index (χ4v) is 0.588. The molecule has 0 aromatic heterocycles. The number of aldehydes is 1. The maximum atomic E-state index is 9.45. The van der Waals surface area contributed by atoms with Crippen molar-refractivity contribution in [3.63, 3.8) is 0 Å². The van der Waals surface area contributed by atoms with Crippen LogP contribution in [0, 0.1) is 12.5 Å². The summed E-state index contributed by atoms with van der Waals surface area (Å²) in [6, 6.07) is 0. The third-order valence-electron chi connectivity index (χ3n) is 0.217. The van der Waals surface area contributed by atoms with E-state index in [0.717, 1.165) is 11.9 Å². The zero-order valence-corrected chi connectivity index (χ0v) is 6.22. The molecule has 0 fully saturated rings. The monoisotopic (exact) mass is 299 g/mol. The van der Waals surface area contributed by atoms with Gasteiger partial charge in [0, 0.05) is 0 Å². The predicted octanol–water partition coefficient (Wildman–Crippen LogP) is 0.737. The summed E-state index contributed by atoms with van der Waals surface area (Å²) in [5.74, 6) is 0. The molecular formula is C3H6AmO. The van der Waals surface area contributed by atoms with Crippen molar-refractivity contribution in [3.8, 4) is 0 Å². The third-order valence-corrected chi connectivity index (χ3v) is 2.03. The van der Waals surface area contributed by atoms with E-state index >= 15 is 0 Å². The molecule has 0 rings (SSSR count). The molecule has 0 aliphatic carbocycles. The van der Waals surface area contributed by atoms with Crippen LogP contribution in [0.4, 0.5) is 0 Å². The summed E-state index contributed by atoms with van der Waals surface area (Å²) in [6.45, 7) is 0. The molecule has 0 aromatic rings. The molecule has 0 heterocycles. The van der Waals surface area contributed by atoms with E-state index in [1.807, 2.05) is 0 Å². The Morgan fingerprint density at radius 1 is 2.00 bits per heavy atom. The molecule has 5 heavy (non-hydrogen) atoms. The first-order chi connectivity index (χ1) is 2.41. The second-order valence-corrected chi connectivity index (χ2v) is 4.10. The Labute approximate surface area is 36.2 Å². The maximum absolute atomic E-state index is 9.45. The van der Waals surface area contributed by atoms with Gasteiger partial charge in [0.1, 0.15) is 0 Å². The molecule has 0 radical (unpaired) electrons. The van der Waals surface area contributed by atoms with Crippen LogP contribution in [0.3, 0.4) is 0 Å². The summed E-state index contributed by atoms with van der Waals surface area (Å²) in [5, 5.41) is 0. The predicted molar refractivity (Wildman–Crippen MR) is 16.7 cm³/mol. The van der Waals surface area contributed by atoms with E-state index in [-0.39, 0.29) is 12.5 Å². The first-order valence-corrected chi connectivity index (χ1v) is 6.66. The Balaban J connectivity index is 2.40.